The van der Waals surface area contributed by atoms with E-state index in [1.54, 1.807) is 4.90 Å². The van der Waals surface area contributed by atoms with Crippen molar-refractivity contribution in [1.82, 2.24) is 9.88 Å². The number of rotatable bonds is 7. The number of carbonyl (C=O) groups is 2. The molecule has 2 N–H and O–H groups in total. The molecule has 2 heterocycles. The van der Waals surface area contributed by atoms with E-state index >= 15 is 0 Å². The van der Waals surface area contributed by atoms with Crippen molar-refractivity contribution in [1.29, 1.82) is 0 Å². The molecule has 1 aliphatic rings. The summed E-state index contributed by atoms with van der Waals surface area (Å²) in [5.74, 6) is -0.712. The van der Waals surface area contributed by atoms with Crippen LogP contribution in [0.3, 0.4) is 0 Å². The van der Waals surface area contributed by atoms with Crippen molar-refractivity contribution in [3.63, 3.8) is 0 Å². The SMILES string of the molecule is C=Nc1ccc(N2CCN(C(=O)OC(C)(C)C)CC2)cc1NCc1cc(C(=O)c2ccccc2C(F)(F)F)c[nH]1. The summed E-state index contributed by atoms with van der Waals surface area (Å²) >= 11 is 0. The Morgan fingerprint density at radius 1 is 1.05 bits per heavy atom. The van der Waals surface area contributed by atoms with Crippen molar-refractivity contribution < 1.29 is 27.5 Å². The Bertz CT molecular complexity index is 1390. The lowest BCUT2D eigenvalue weighted by molar-refractivity contribution is -0.137. The first-order valence-corrected chi connectivity index (χ1v) is 12.8. The predicted molar refractivity (Wildman–Crippen MR) is 149 cm³/mol. The number of aliphatic imine (C=N–C) groups is 1. The number of piperazine rings is 1. The standard InChI is InChI=1S/C29H32F3N5O3/c1-28(2,3)40-27(39)37-13-11-36(12-14-37)21-9-10-24(33-4)25(16-21)35-18-20-15-19(17-34-20)26(38)22-7-5-6-8-23(22)29(30,31)32/h5-10,15-17,34-35H,4,11-14,18H2,1-3H3. The maximum Gasteiger partial charge on any atom is 0.417 e. The summed E-state index contributed by atoms with van der Waals surface area (Å²) < 4.78 is 45.6. The molecule has 0 unspecified atom stereocenters. The topological polar surface area (TPSA) is 90.0 Å². The Balaban J connectivity index is 1.42. The minimum Gasteiger partial charge on any atom is -0.444 e. The van der Waals surface area contributed by atoms with E-state index in [4.69, 9.17) is 4.74 Å². The van der Waals surface area contributed by atoms with E-state index < -0.39 is 28.7 Å². The van der Waals surface area contributed by atoms with Crippen LogP contribution in [0.15, 0.2) is 59.7 Å². The molecule has 0 aliphatic carbocycles. The average molecular weight is 556 g/mol. The number of alkyl halides is 3. The molecule has 40 heavy (non-hydrogen) atoms. The minimum absolute atomic E-state index is 0.132. The van der Waals surface area contributed by atoms with Crippen LogP contribution < -0.4 is 10.2 Å². The van der Waals surface area contributed by atoms with Crippen LogP contribution in [0.2, 0.25) is 0 Å². The Kier molecular flexibility index (Phi) is 8.22. The van der Waals surface area contributed by atoms with Crippen molar-refractivity contribution >= 4 is 35.7 Å². The number of carbonyl (C=O) groups excluding carboxylic acids is 2. The van der Waals surface area contributed by atoms with Gasteiger partial charge < -0.3 is 24.8 Å². The highest BCUT2D eigenvalue weighted by Crippen LogP contribution is 2.33. The van der Waals surface area contributed by atoms with Crippen LogP contribution in [0.5, 0.6) is 0 Å². The van der Waals surface area contributed by atoms with E-state index in [1.165, 1.54) is 30.5 Å². The van der Waals surface area contributed by atoms with Crippen molar-refractivity contribution in [2.45, 2.75) is 39.1 Å². The van der Waals surface area contributed by atoms with Crippen molar-refractivity contribution in [3.8, 4) is 0 Å². The smallest absolute Gasteiger partial charge is 0.417 e. The van der Waals surface area contributed by atoms with E-state index in [9.17, 15) is 22.8 Å². The van der Waals surface area contributed by atoms with Crippen LogP contribution in [-0.4, -0.2) is 60.3 Å². The van der Waals surface area contributed by atoms with E-state index in [1.807, 2.05) is 39.0 Å². The Labute approximate surface area is 230 Å². The first-order valence-electron chi connectivity index (χ1n) is 12.8. The number of H-pyrrole nitrogens is 1. The fourth-order valence-electron chi connectivity index (χ4n) is 4.42. The van der Waals surface area contributed by atoms with E-state index in [0.717, 1.165) is 11.8 Å². The molecule has 1 aromatic heterocycles. The van der Waals surface area contributed by atoms with E-state index in [0.29, 0.717) is 43.2 Å². The summed E-state index contributed by atoms with van der Waals surface area (Å²) in [5, 5.41) is 3.27. The van der Waals surface area contributed by atoms with Gasteiger partial charge in [-0.1, -0.05) is 18.2 Å². The van der Waals surface area contributed by atoms with Gasteiger partial charge in [-0.3, -0.25) is 9.79 Å². The fraction of sp³-hybridized carbons (Fsp3) is 0.345. The third kappa shape index (κ3) is 6.83. The summed E-state index contributed by atoms with van der Waals surface area (Å²) in [6, 6.07) is 12.0. The molecule has 0 bridgehead atoms. The van der Waals surface area contributed by atoms with Crippen LogP contribution in [0.1, 0.15) is 48.0 Å². The second-order valence-electron chi connectivity index (χ2n) is 10.5. The summed E-state index contributed by atoms with van der Waals surface area (Å²) in [5.41, 5.74) is 1.09. The van der Waals surface area contributed by atoms with Gasteiger partial charge in [0.25, 0.3) is 0 Å². The molecule has 2 aromatic carbocycles. The number of aromatic amines is 1. The van der Waals surface area contributed by atoms with Crippen molar-refractivity contribution in [2.75, 3.05) is 36.4 Å². The van der Waals surface area contributed by atoms with Crippen LogP contribution in [-0.2, 0) is 17.5 Å². The van der Waals surface area contributed by atoms with Crippen LogP contribution in [0, 0.1) is 0 Å². The summed E-state index contributed by atoms with van der Waals surface area (Å²) in [7, 11) is 0. The molecule has 0 spiro atoms. The number of hydrogen-bond donors (Lipinski definition) is 2. The number of ketones is 1. The van der Waals surface area contributed by atoms with Gasteiger partial charge in [-0.05, 0) is 57.8 Å². The zero-order valence-corrected chi connectivity index (χ0v) is 22.6. The normalized spacial score (nSPS) is 14.2. The molecule has 1 fully saturated rings. The number of halogens is 3. The van der Waals surface area contributed by atoms with Gasteiger partial charge in [0.15, 0.2) is 5.78 Å². The number of nitrogens with one attached hydrogen (secondary N) is 2. The number of amides is 1. The number of benzene rings is 2. The summed E-state index contributed by atoms with van der Waals surface area (Å²) in [6.45, 7) is 11.7. The third-order valence-electron chi connectivity index (χ3n) is 6.40. The number of hydrogen-bond acceptors (Lipinski definition) is 6. The number of aromatic nitrogens is 1. The molecule has 1 amide bonds. The second kappa shape index (κ2) is 11.4. The van der Waals surface area contributed by atoms with Crippen LogP contribution in [0.4, 0.5) is 35.0 Å². The zero-order valence-electron chi connectivity index (χ0n) is 22.6. The molecule has 3 aromatic rings. The molecular weight excluding hydrogens is 523 g/mol. The fourth-order valence-corrected chi connectivity index (χ4v) is 4.42. The largest absolute Gasteiger partial charge is 0.444 e. The summed E-state index contributed by atoms with van der Waals surface area (Å²) in [6.07, 6.45) is -3.56. The molecule has 1 aliphatic heterocycles. The Hall–Kier alpha value is -4.28. The first kappa shape index (κ1) is 28.7. The van der Waals surface area contributed by atoms with Crippen molar-refractivity contribution in [3.05, 3.63) is 77.1 Å². The molecule has 1 saturated heterocycles. The van der Waals surface area contributed by atoms with Gasteiger partial charge in [0.2, 0.25) is 0 Å². The van der Waals surface area contributed by atoms with Crippen molar-refractivity contribution in [2.24, 2.45) is 4.99 Å². The third-order valence-corrected chi connectivity index (χ3v) is 6.40. The van der Waals surface area contributed by atoms with Gasteiger partial charge in [-0.15, -0.1) is 0 Å². The number of anilines is 2. The Morgan fingerprint density at radius 2 is 1.75 bits per heavy atom. The number of ether oxygens (including phenoxy) is 1. The van der Waals surface area contributed by atoms with E-state index in [-0.39, 0.29) is 18.2 Å². The first-order chi connectivity index (χ1) is 18.9. The van der Waals surface area contributed by atoms with Crippen LogP contribution in [0.25, 0.3) is 0 Å². The highest BCUT2D eigenvalue weighted by Gasteiger charge is 2.35. The average Bonchev–Trinajstić information content (AvgIpc) is 3.39. The predicted octanol–water partition coefficient (Wildman–Crippen LogP) is 6.27. The summed E-state index contributed by atoms with van der Waals surface area (Å²) in [4.78, 5) is 36.1. The minimum atomic E-state index is -4.63. The highest BCUT2D eigenvalue weighted by molar-refractivity contribution is 6.10. The molecule has 11 heteroatoms. The van der Waals surface area contributed by atoms with Gasteiger partial charge in [0, 0.05) is 54.9 Å². The second-order valence-corrected chi connectivity index (χ2v) is 10.5. The van der Waals surface area contributed by atoms with E-state index in [2.05, 4.69) is 26.9 Å². The monoisotopic (exact) mass is 555 g/mol. The van der Waals surface area contributed by atoms with Gasteiger partial charge in [-0.25, -0.2) is 4.79 Å². The van der Waals surface area contributed by atoms with Crippen LogP contribution >= 0.6 is 0 Å². The molecular formula is C29H32F3N5O3. The molecule has 0 radical (unpaired) electrons. The molecule has 8 nitrogen and oxygen atoms in total. The maximum atomic E-state index is 13.4. The number of nitrogens with zero attached hydrogens (tertiary/aromatic N) is 3. The molecule has 4 rings (SSSR count). The Morgan fingerprint density at radius 3 is 2.40 bits per heavy atom. The molecule has 0 saturated carbocycles. The van der Waals surface area contributed by atoms with Gasteiger partial charge in [-0.2, -0.15) is 13.2 Å². The maximum absolute atomic E-state index is 13.4. The molecule has 212 valence electrons. The lowest BCUT2D eigenvalue weighted by Gasteiger charge is -2.37. The van der Waals surface area contributed by atoms with Gasteiger partial charge >= 0.3 is 12.3 Å². The quantitative estimate of drug-likeness (QED) is 0.265. The van der Waals surface area contributed by atoms with Gasteiger partial charge in [0.05, 0.1) is 23.5 Å². The lowest BCUT2D eigenvalue weighted by Crippen LogP contribution is -2.50. The van der Waals surface area contributed by atoms with Gasteiger partial charge in [0.1, 0.15) is 5.60 Å². The zero-order chi connectivity index (χ0) is 29.1. The lowest BCUT2D eigenvalue weighted by atomic mass is 9.99. The highest BCUT2D eigenvalue weighted by atomic mass is 19.4. The molecule has 0 atom stereocenters.